The fraction of sp³-hybridized carbons (Fsp3) is 0.0500. The first kappa shape index (κ1) is 20.0. The van der Waals surface area contributed by atoms with Gasteiger partial charge in [0.25, 0.3) is 15.7 Å². The lowest BCUT2D eigenvalue weighted by atomic mass is 10.2. The Balaban J connectivity index is 1.67. The number of hydrogen-bond acceptors (Lipinski definition) is 5. The molecule has 0 bridgehead atoms. The van der Waals surface area contributed by atoms with Crippen molar-refractivity contribution < 1.29 is 13.3 Å². The number of benzene rings is 3. The van der Waals surface area contributed by atoms with Crippen molar-refractivity contribution in [1.82, 2.24) is 0 Å². The Morgan fingerprint density at radius 1 is 0.966 bits per heavy atom. The van der Waals surface area contributed by atoms with Crippen LogP contribution in [0.25, 0.3) is 0 Å². The molecule has 0 aliphatic heterocycles. The molecule has 0 aliphatic rings. The van der Waals surface area contributed by atoms with E-state index in [9.17, 15) is 18.5 Å². The number of rotatable bonds is 7. The van der Waals surface area contributed by atoms with Crippen LogP contribution in [0.4, 0.5) is 11.4 Å². The number of anilines is 1. The summed E-state index contributed by atoms with van der Waals surface area (Å²) in [6.45, 7) is 0.357. The molecule has 3 N–H and O–H groups in total. The molecule has 0 aliphatic carbocycles. The predicted octanol–water partition coefficient (Wildman–Crippen LogP) is 3.30. The van der Waals surface area contributed by atoms with E-state index < -0.39 is 14.9 Å². The SMILES string of the molecule is NC(=NCc1ccc(NS(=O)(=O)c2ccc([N+](=O)[O-])cc2)cc1)c1ccccc1. The van der Waals surface area contributed by atoms with Gasteiger partial charge in [-0.2, -0.15) is 0 Å². The number of non-ortho nitro benzene ring substituents is 1. The summed E-state index contributed by atoms with van der Waals surface area (Å²) in [6, 6.07) is 20.8. The largest absolute Gasteiger partial charge is 0.383 e. The van der Waals surface area contributed by atoms with E-state index in [1.807, 2.05) is 30.3 Å². The van der Waals surface area contributed by atoms with Gasteiger partial charge in [0.15, 0.2) is 0 Å². The minimum Gasteiger partial charge on any atom is -0.383 e. The zero-order chi connectivity index (χ0) is 20.9. The Hall–Kier alpha value is -3.72. The van der Waals surface area contributed by atoms with Crippen molar-refractivity contribution in [3.63, 3.8) is 0 Å². The van der Waals surface area contributed by atoms with E-state index in [-0.39, 0.29) is 10.6 Å². The van der Waals surface area contributed by atoms with Crippen LogP contribution in [-0.2, 0) is 16.6 Å². The highest BCUT2D eigenvalue weighted by atomic mass is 32.2. The minimum atomic E-state index is -3.85. The van der Waals surface area contributed by atoms with Crippen LogP contribution in [0.3, 0.4) is 0 Å². The molecule has 0 saturated carbocycles. The molecule has 0 unspecified atom stereocenters. The smallest absolute Gasteiger partial charge is 0.269 e. The average Bonchev–Trinajstić information content (AvgIpc) is 2.73. The van der Waals surface area contributed by atoms with Crippen LogP contribution in [0.5, 0.6) is 0 Å². The van der Waals surface area contributed by atoms with E-state index >= 15 is 0 Å². The second-order valence-corrected chi connectivity index (χ2v) is 7.80. The number of nitro groups is 1. The maximum atomic E-state index is 12.4. The molecule has 148 valence electrons. The Kier molecular flexibility index (Phi) is 5.89. The molecule has 8 nitrogen and oxygen atoms in total. The molecule has 0 fully saturated rings. The highest BCUT2D eigenvalue weighted by molar-refractivity contribution is 7.92. The topological polar surface area (TPSA) is 128 Å². The monoisotopic (exact) mass is 410 g/mol. The molecule has 0 aromatic heterocycles. The third-order valence-corrected chi connectivity index (χ3v) is 5.46. The summed E-state index contributed by atoms with van der Waals surface area (Å²) in [7, 11) is -3.85. The van der Waals surface area contributed by atoms with Gasteiger partial charge in [0.05, 0.1) is 16.4 Å². The van der Waals surface area contributed by atoms with Crippen LogP contribution in [0.2, 0.25) is 0 Å². The van der Waals surface area contributed by atoms with E-state index in [2.05, 4.69) is 9.71 Å². The van der Waals surface area contributed by atoms with Gasteiger partial charge in [-0.3, -0.25) is 19.8 Å². The number of nitrogens with two attached hydrogens (primary N) is 1. The maximum Gasteiger partial charge on any atom is 0.269 e. The zero-order valence-corrected chi connectivity index (χ0v) is 16.0. The number of aliphatic imine (C=N–C) groups is 1. The Labute approximate surface area is 167 Å². The van der Waals surface area contributed by atoms with Crippen molar-refractivity contribution in [3.8, 4) is 0 Å². The summed E-state index contributed by atoms with van der Waals surface area (Å²) < 4.78 is 27.3. The molecule has 3 aromatic rings. The molecule has 9 heteroatoms. The third kappa shape index (κ3) is 5.17. The number of nitrogens with one attached hydrogen (secondary N) is 1. The van der Waals surface area contributed by atoms with Crippen LogP contribution in [-0.4, -0.2) is 19.2 Å². The normalized spacial score (nSPS) is 11.8. The summed E-state index contributed by atoms with van der Waals surface area (Å²) in [5.41, 5.74) is 7.85. The number of sulfonamides is 1. The fourth-order valence-corrected chi connectivity index (χ4v) is 3.57. The molecular formula is C20H18N4O4S. The highest BCUT2D eigenvalue weighted by Crippen LogP contribution is 2.19. The van der Waals surface area contributed by atoms with Crippen LogP contribution >= 0.6 is 0 Å². The lowest BCUT2D eigenvalue weighted by Crippen LogP contribution is -2.13. The molecule has 0 amide bonds. The Bertz CT molecular complexity index is 1130. The highest BCUT2D eigenvalue weighted by Gasteiger charge is 2.16. The third-order valence-electron chi connectivity index (χ3n) is 4.07. The van der Waals surface area contributed by atoms with Crippen LogP contribution in [0, 0.1) is 10.1 Å². The van der Waals surface area contributed by atoms with E-state index in [0.717, 1.165) is 23.3 Å². The Morgan fingerprint density at radius 3 is 2.17 bits per heavy atom. The van der Waals surface area contributed by atoms with E-state index in [1.165, 1.54) is 12.1 Å². The fourth-order valence-electron chi connectivity index (χ4n) is 2.52. The van der Waals surface area contributed by atoms with Crippen molar-refractivity contribution in [1.29, 1.82) is 0 Å². The molecule has 0 radical (unpaired) electrons. The number of hydrogen-bond donors (Lipinski definition) is 2. The van der Waals surface area contributed by atoms with Gasteiger partial charge in [-0.1, -0.05) is 42.5 Å². The maximum absolute atomic E-state index is 12.4. The number of nitro benzene ring substituents is 1. The summed E-state index contributed by atoms with van der Waals surface area (Å²) >= 11 is 0. The molecule has 0 heterocycles. The van der Waals surface area contributed by atoms with Gasteiger partial charge in [-0.25, -0.2) is 8.42 Å². The summed E-state index contributed by atoms with van der Waals surface area (Å²) in [6.07, 6.45) is 0. The van der Waals surface area contributed by atoms with Crippen molar-refractivity contribution in [2.24, 2.45) is 10.7 Å². The summed E-state index contributed by atoms with van der Waals surface area (Å²) in [4.78, 5) is 14.4. The molecular weight excluding hydrogens is 392 g/mol. The van der Waals surface area contributed by atoms with E-state index in [1.54, 1.807) is 24.3 Å². The first-order valence-corrected chi connectivity index (χ1v) is 10.0. The molecule has 3 aromatic carbocycles. The van der Waals surface area contributed by atoms with Crippen molar-refractivity contribution >= 4 is 27.2 Å². The van der Waals surface area contributed by atoms with Gasteiger partial charge in [0, 0.05) is 23.4 Å². The minimum absolute atomic E-state index is 0.0626. The second-order valence-electron chi connectivity index (χ2n) is 6.12. The standard InChI is InChI=1S/C20H18N4O4S/c21-20(16-4-2-1-3-5-16)22-14-15-6-8-17(9-7-15)23-29(27,28)19-12-10-18(11-13-19)24(25)26/h1-13,23H,14H2,(H2,21,22). The molecule has 3 rings (SSSR count). The van der Waals surface area contributed by atoms with Gasteiger partial charge < -0.3 is 5.73 Å². The zero-order valence-electron chi connectivity index (χ0n) is 15.2. The van der Waals surface area contributed by atoms with Gasteiger partial charge >= 0.3 is 0 Å². The molecule has 0 atom stereocenters. The van der Waals surface area contributed by atoms with Gasteiger partial charge in [-0.05, 0) is 29.8 Å². The van der Waals surface area contributed by atoms with Gasteiger partial charge in [0.1, 0.15) is 5.84 Å². The first-order valence-electron chi connectivity index (χ1n) is 8.57. The number of amidine groups is 1. The van der Waals surface area contributed by atoms with Crippen molar-refractivity contribution in [3.05, 3.63) is 100 Å². The van der Waals surface area contributed by atoms with Crippen LogP contribution < -0.4 is 10.5 Å². The average molecular weight is 410 g/mol. The number of nitrogens with zero attached hydrogens (tertiary/aromatic N) is 2. The van der Waals surface area contributed by atoms with Crippen molar-refractivity contribution in [2.75, 3.05) is 4.72 Å². The molecule has 29 heavy (non-hydrogen) atoms. The summed E-state index contributed by atoms with van der Waals surface area (Å²) in [5, 5.41) is 10.7. The lowest BCUT2D eigenvalue weighted by Gasteiger charge is -2.08. The van der Waals surface area contributed by atoms with E-state index in [4.69, 9.17) is 5.73 Å². The Morgan fingerprint density at radius 2 is 1.59 bits per heavy atom. The lowest BCUT2D eigenvalue weighted by molar-refractivity contribution is -0.384. The van der Waals surface area contributed by atoms with Crippen molar-refractivity contribution in [2.45, 2.75) is 11.4 Å². The van der Waals surface area contributed by atoms with Crippen LogP contribution in [0.15, 0.2) is 88.8 Å². The quantitative estimate of drug-likeness (QED) is 0.267. The van der Waals surface area contributed by atoms with Gasteiger partial charge in [-0.15, -0.1) is 0 Å². The van der Waals surface area contributed by atoms with Crippen LogP contribution in [0.1, 0.15) is 11.1 Å². The summed E-state index contributed by atoms with van der Waals surface area (Å²) in [5.74, 6) is 0.425. The van der Waals surface area contributed by atoms with Gasteiger partial charge in [0.2, 0.25) is 0 Å². The molecule has 0 spiro atoms. The molecule has 0 saturated heterocycles. The first-order chi connectivity index (χ1) is 13.8. The second kappa shape index (κ2) is 8.53. The van der Waals surface area contributed by atoms with E-state index in [0.29, 0.717) is 18.1 Å². The predicted molar refractivity (Wildman–Crippen MR) is 111 cm³/mol.